The van der Waals surface area contributed by atoms with Gasteiger partial charge in [-0.15, -0.1) is 0 Å². The predicted octanol–water partition coefficient (Wildman–Crippen LogP) is 1.92. The summed E-state index contributed by atoms with van der Waals surface area (Å²) in [5.74, 6) is -0.896. The number of halogens is 2. The van der Waals surface area contributed by atoms with E-state index in [9.17, 15) is 9.59 Å². The number of carboxylic acids is 1. The number of carbonyl (C=O) groups is 2. The molecule has 1 heterocycles. The van der Waals surface area contributed by atoms with Crippen molar-refractivity contribution in [2.75, 3.05) is 39.8 Å². The van der Waals surface area contributed by atoms with E-state index in [1.54, 1.807) is 35.0 Å². The molecule has 0 bridgehead atoms. The van der Waals surface area contributed by atoms with Gasteiger partial charge in [-0.3, -0.25) is 9.69 Å². The van der Waals surface area contributed by atoms with Crippen LogP contribution in [0, 0.1) is 0 Å². The van der Waals surface area contributed by atoms with Gasteiger partial charge in [-0.25, -0.2) is 4.79 Å². The second-order valence-corrected chi connectivity index (χ2v) is 6.77. The zero-order valence-corrected chi connectivity index (χ0v) is 15.4. The summed E-state index contributed by atoms with van der Waals surface area (Å²) >= 11 is 12.0. The van der Waals surface area contributed by atoms with Gasteiger partial charge in [0.25, 0.3) is 0 Å². The van der Waals surface area contributed by atoms with Crippen molar-refractivity contribution in [3.63, 3.8) is 0 Å². The normalized spacial score (nSPS) is 17.6. The molecule has 1 fully saturated rings. The molecule has 0 aliphatic carbocycles. The van der Waals surface area contributed by atoms with Crippen molar-refractivity contribution in [1.82, 2.24) is 15.1 Å². The largest absolute Gasteiger partial charge is 0.480 e. The summed E-state index contributed by atoms with van der Waals surface area (Å²) in [4.78, 5) is 26.4. The highest BCUT2D eigenvalue weighted by Crippen LogP contribution is 2.20. The molecule has 0 aromatic heterocycles. The zero-order valence-electron chi connectivity index (χ0n) is 13.9. The Labute approximate surface area is 156 Å². The molecule has 1 aliphatic rings. The predicted molar refractivity (Wildman–Crippen MR) is 95.1 cm³/mol. The number of aliphatic carboxylic acids is 1. The number of benzene rings is 1. The van der Waals surface area contributed by atoms with E-state index in [1.807, 2.05) is 0 Å². The summed E-state index contributed by atoms with van der Waals surface area (Å²) in [7, 11) is 1.71. The van der Waals surface area contributed by atoms with Gasteiger partial charge in [-0.05, 0) is 24.7 Å². The number of rotatable bonds is 6. The van der Waals surface area contributed by atoms with Crippen LogP contribution in [0.5, 0.6) is 0 Å². The van der Waals surface area contributed by atoms with Gasteiger partial charge in [-0.2, -0.15) is 0 Å². The number of nitrogens with zero attached hydrogens (tertiary/aromatic N) is 2. The van der Waals surface area contributed by atoms with Crippen molar-refractivity contribution < 1.29 is 19.4 Å². The maximum atomic E-state index is 12.3. The maximum Gasteiger partial charge on any atom is 0.317 e. The molecule has 1 aromatic rings. The van der Waals surface area contributed by atoms with Crippen LogP contribution in [0.3, 0.4) is 0 Å². The van der Waals surface area contributed by atoms with Gasteiger partial charge in [0, 0.05) is 36.2 Å². The lowest BCUT2D eigenvalue weighted by Crippen LogP contribution is -2.52. The van der Waals surface area contributed by atoms with E-state index in [4.69, 9.17) is 33.0 Å². The van der Waals surface area contributed by atoms with Crippen LogP contribution in [-0.4, -0.2) is 72.8 Å². The Morgan fingerprint density at radius 1 is 1.44 bits per heavy atom. The third-order valence-electron chi connectivity index (χ3n) is 3.79. The van der Waals surface area contributed by atoms with Crippen LogP contribution in [-0.2, 0) is 16.1 Å². The average Bonchev–Trinajstić information content (AvgIpc) is 2.53. The van der Waals surface area contributed by atoms with Gasteiger partial charge in [0.2, 0.25) is 0 Å². The van der Waals surface area contributed by atoms with E-state index in [0.29, 0.717) is 42.8 Å². The number of hydrogen-bond acceptors (Lipinski definition) is 4. The molecule has 2 rings (SSSR count). The number of hydrogen-bond donors (Lipinski definition) is 2. The van der Waals surface area contributed by atoms with Gasteiger partial charge in [-0.1, -0.05) is 29.3 Å². The molecule has 1 aromatic carbocycles. The molecular weight excluding hydrogens is 369 g/mol. The summed E-state index contributed by atoms with van der Waals surface area (Å²) in [6, 6.07) is 4.92. The minimum atomic E-state index is -0.896. The second kappa shape index (κ2) is 9.24. The number of carbonyl (C=O) groups excluding carboxylic acids is 1. The van der Waals surface area contributed by atoms with Gasteiger partial charge in [0.05, 0.1) is 19.3 Å². The van der Waals surface area contributed by atoms with Gasteiger partial charge in [0.1, 0.15) is 0 Å². The first-order chi connectivity index (χ1) is 11.8. The molecule has 0 radical (unpaired) electrons. The zero-order chi connectivity index (χ0) is 18.4. The maximum absolute atomic E-state index is 12.3. The van der Waals surface area contributed by atoms with Crippen molar-refractivity contribution in [2.24, 2.45) is 0 Å². The Hall–Kier alpha value is -1.54. The molecule has 1 unspecified atom stereocenters. The lowest BCUT2D eigenvalue weighted by atomic mass is 10.2. The summed E-state index contributed by atoms with van der Waals surface area (Å²) in [6.45, 7) is 1.99. The molecular formula is C16H21Cl2N3O4. The van der Waals surface area contributed by atoms with E-state index >= 15 is 0 Å². The third-order valence-corrected chi connectivity index (χ3v) is 4.38. The quantitative estimate of drug-likeness (QED) is 0.776. The van der Waals surface area contributed by atoms with E-state index in [1.165, 1.54) is 0 Å². The molecule has 2 N–H and O–H groups in total. The summed E-state index contributed by atoms with van der Waals surface area (Å²) in [6.07, 6.45) is -0.219. The molecule has 9 heteroatoms. The number of amides is 2. The van der Waals surface area contributed by atoms with Crippen LogP contribution in [0.4, 0.5) is 4.79 Å². The fourth-order valence-electron chi connectivity index (χ4n) is 2.61. The number of urea groups is 1. The minimum Gasteiger partial charge on any atom is -0.480 e. The van der Waals surface area contributed by atoms with Crippen LogP contribution in [0.2, 0.25) is 10.0 Å². The fourth-order valence-corrected chi connectivity index (χ4v) is 3.08. The highest BCUT2D eigenvalue weighted by atomic mass is 35.5. The SMILES string of the molecule is CN(CC(=O)O)CC1CN(C(=O)NCc2ccc(Cl)cc2Cl)CCO1. The van der Waals surface area contributed by atoms with Crippen LogP contribution >= 0.6 is 23.2 Å². The lowest BCUT2D eigenvalue weighted by molar-refractivity contribution is -0.138. The number of morpholine rings is 1. The second-order valence-electron chi connectivity index (χ2n) is 5.92. The molecule has 0 spiro atoms. The first kappa shape index (κ1) is 19.8. The molecule has 1 atom stereocenters. The van der Waals surface area contributed by atoms with Crippen molar-refractivity contribution in [3.8, 4) is 0 Å². The Balaban J connectivity index is 1.83. The Morgan fingerprint density at radius 3 is 2.88 bits per heavy atom. The first-order valence-electron chi connectivity index (χ1n) is 7.84. The van der Waals surface area contributed by atoms with Crippen molar-refractivity contribution in [2.45, 2.75) is 12.6 Å². The number of ether oxygens (including phenoxy) is 1. The Bertz CT molecular complexity index is 629. The number of carboxylic acid groups (broad SMARTS) is 1. The first-order valence-corrected chi connectivity index (χ1v) is 8.59. The average molecular weight is 390 g/mol. The smallest absolute Gasteiger partial charge is 0.317 e. The minimum absolute atomic E-state index is 0.0683. The van der Waals surface area contributed by atoms with Crippen molar-refractivity contribution in [1.29, 1.82) is 0 Å². The monoisotopic (exact) mass is 389 g/mol. The van der Waals surface area contributed by atoms with Crippen molar-refractivity contribution >= 4 is 35.2 Å². The molecule has 0 saturated carbocycles. The topological polar surface area (TPSA) is 82.1 Å². The highest BCUT2D eigenvalue weighted by Gasteiger charge is 2.25. The number of likely N-dealkylation sites (N-methyl/N-ethyl adjacent to an activating group) is 1. The summed E-state index contributed by atoms with van der Waals surface area (Å²) in [5, 5.41) is 12.7. The summed E-state index contributed by atoms with van der Waals surface area (Å²) in [5.41, 5.74) is 0.783. The third kappa shape index (κ3) is 6.36. The highest BCUT2D eigenvalue weighted by molar-refractivity contribution is 6.35. The lowest BCUT2D eigenvalue weighted by Gasteiger charge is -2.34. The van der Waals surface area contributed by atoms with E-state index in [2.05, 4.69) is 5.32 Å². The molecule has 2 amide bonds. The molecule has 25 heavy (non-hydrogen) atoms. The van der Waals surface area contributed by atoms with E-state index < -0.39 is 5.97 Å². The standard InChI is InChI=1S/C16H21Cl2N3O4/c1-20(10-15(22)23)8-13-9-21(4-5-25-13)16(24)19-7-11-2-3-12(17)6-14(11)18/h2-3,6,13H,4-5,7-10H2,1H3,(H,19,24)(H,22,23). The van der Waals surface area contributed by atoms with Crippen LogP contribution in [0.25, 0.3) is 0 Å². The van der Waals surface area contributed by atoms with Crippen LogP contribution in [0.1, 0.15) is 5.56 Å². The molecule has 1 aliphatic heterocycles. The van der Waals surface area contributed by atoms with Crippen LogP contribution < -0.4 is 5.32 Å². The van der Waals surface area contributed by atoms with E-state index in [0.717, 1.165) is 5.56 Å². The fraction of sp³-hybridized carbons (Fsp3) is 0.500. The molecule has 7 nitrogen and oxygen atoms in total. The summed E-state index contributed by atoms with van der Waals surface area (Å²) < 4.78 is 5.61. The number of nitrogens with one attached hydrogen (secondary N) is 1. The van der Waals surface area contributed by atoms with Gasteiger partial charge in [0.15, 0.2) is 0 Å². The Morgan fingerprint density at radius 2 is 2.20 bits per heavy atom. The molecule has 138 valence electrons. The van der Waals surface area contributed by atoms with E-state index in [-0.39, 0.29) is 18.7 Å². The molecule has 1 saturated heterocycles. The Kier molecular flexibility index (Phi) is 7.31. The van der Waals surface area contributed by atoms with Crippen molar-refractivity contribution in [3.05, 3.63) is 33.8 Å². The van der Waals surface area contributed by atoms with Crippen LogP contribution in [0.15, 0.2) is 18.2 Å². The van der Waals surface area contributed by atoms with Gasteiger partial charge < -0.3 is 20.1 Å². The van der Waals surface area contributed by atoms with Gasteiger partial charge >= 0.3 is 12.0 Å².